The van der Waals surface area contributed by atoms with Crippen LogP contribution < -0.4 is 0 Å². The molecular weight excluding hydrogens is 384 g/mol. The third-order valence-electron chi connectivity index (χ3n) is 4.17. The summed E-state index contributed by atoms with van der Waals surface area (Å²) in [5.41, 5.74) is 2.44. The third-order valence-corrected chi connectivity index (χ3v) is 5.90. The standard InChI is InChI=1S/C24H14O2S2/c25-23(21-11-5-15-27-21)19-9-3-1-7-17(19)13-14-18-8-2-4-10-20(18)24(26)22-12-6-16-28-22/h1-12,15-16H. The first-order valence-electron chi connectivity index (χ1n) is 8.60. The monoisotopic (exact) mass is 398 g/mol. The Bertz CT molecular complexity index is 1100. The van der Waals surface area contributed by atoms with Gasteiger partial charge in [0.2, 0.25) is 11.6 Å². The molecule has 0 amide bonds. The lowest BCUT2D eigenvalue weighted by atomic mass is 10.0. The van der Waals surface area contributed by atoms with Crippen molar-refractivity contribution in [3.05, 3.63) is 116 Å². The lowest BCUT2D eigenvalue weighted by Crippen LogP contribution is -2.02. The zero-order valence-corrected chi connectivity index (χ0v) is 16.3. The van der Waals surface area contributed by atoms with E-state index in [0.29, 0.717) is 32.0 Å². The molecule has 0 saturated heterocycles. The van der Waals surface area contributed by atoms with Crippen molar-refractivity contribution in [3.63, 3.8) is 0 Å². The van der Waals surface area contributed by atoms with Gasteiger partial charge in [-0.25, -0.2) is 0 Å². The fourth-order valence-electron chi connectivity index (χ4n) is 2.80. The zero-order chi connectivity index (χ0) is 19.3. The highest BCUT2D eigenvalue weighted by Gasteiger charge is 2.14. The van der Waals surface area contributed by atoms with Crippen molar-refractivity contribution in [3.8, 4) is 11.8 Å². The molecule has 0 N–H and O–H groups in total. The number of hydrogen-bond donors (Lipinski definition) is 0. The molecule has 0 aliphatic carbocycles. The average molecular weight is 399 g/mol. The normalized spacial score (nSPS) is 10.1. The predicted molar refractivity (Wildman–Crippen MR) is 114 cm³/mol. The zero-order valence-electron chi connectivity index (χ0n) is 14.7. The van der Waals surface area contributed by atoms with Gasteiger partial charge >= 0.3 is 0 Å². The predicted octanol–water partition coefficient (Wildman–Crippen LogP) is 5.67. The molecule has 4 rings (SSSR count). The van der Waals surface area contributed by atoms with Crippen molar-refractivity contribution in [2.75, 3.05) is 0 Å². The van der Waals surface area contributed by atoms with E-state index >= 15 is 0 Å². The molecule has 0 radical (unpaired) electrons. The van der Waals surface area contributed by atoms with Crippen LogP contribution in [-0.2, 0) is 0 Å². The maximum atomic E-state index is 12.8. The SMILES string of the molecule is O=C(c1cccs1)c1ccccc1C#Cc1ccccc1C(=O)c1cccs1. The van der Waals surface area contributed by atoms with Crippen molar-refractivity contribution in [1.82, 2.24) is 0 Å². The molecule has 0 aliphatic heterocycles. The van der Waals surface area contributed by atoms with Gasteiger partial charge in [-0.05, 0) is 47.2 Å². The van der Waals surface area contributed by atoms with Crippen molar-refractivity contribution >= 4 is 34.2 Å². The second-order valence-corrected chi connectivity index (χ2v) is 7.85. The van der Waals surface area contributed by atoms with E-state index in [0.717, 1.165) is 0 Å². The quantitative estimate of drug-likeness (QED) is 0.328. The Morgan fingerprint density at radius 2 is 1.00 bits per heavy atom. The first-order chi connectivity index (χ1) is 13.7. The Hall–Kier alpha value is -3.26. The molecule has 134 valence electrons. The second-order valence-electron chi connectivity index (χ2n) is 5.95. The van der Waals surface area contributed by atoms with E-state index in [-0.39, 0.29) is 11.6 Å². The Labute approximate surface area is 171 Å². The first-order valence-corrected chi connectivity index (χ1v) is 10.4. The Morgan fingerprint density at radius 1 is 0.571 bits per heavy atom. The minimum absolute atomic E-state index is 0.0390. The molecular formula is C24H14O2S2. The van der Waals surface area contributed by atoms with Gasteiger partial charge in [0, 0.05) is 22.3 Å². The number of rotatable bonds is 4. The fraction of sp³-hybridized carbons (Fsp3) is 0. The Balaban J connectivity index is 1.72. The van der Waals surface area contributed by atoms with E-state index in [1.807, 2.05) is 71.4 Å². The molecule has 0 fully saturated rings. The molecule has 0 aliphatic rings. The maximum absolute atomic E-state index is 12.8. The summed E-state index contributed by atoms with van der Waals surface area (Å²) in [5, 5.41) is 3.77. The molecule has 4 aromatic rings. The smallest absolute Gasteiger partial charge is 0.204 e. The van der Waals surface area contributed by atoms with Gasteiger partial charge in [0.25, 0.3) is 0 Å². The van der Waals surface area contributed by atoms with E-state index in [2.05, 4.69) is 11.8 Å². The van der Waals surface area contributed by atoms with Gasteiger partial charge in [0.15, 0.2) is 0 Å². The summed E-state index contributed by atoms with van der Waals surface area (Å²) in [6, 6.07) is 22.0. The average Bonchev–Trinajstić information content (AvgIpc) is 3.46. The highest BCUT2D eigenvalue weighted by molar-refractivity contribution is 7.12. The fourth-order valence-corrected chi connectivity index (χ4v) is 4.15. The number of carbonyl (C=O) groups is 2. The molecule has 0 spiro atoms. The molecule has 4 heteroatoms. The highest BCUT2D eigenvalue weighted by atomic mass is 32.1. The number of hydrogen-bond acceptors (Lipinski definition) is 4. The molecule has 2 aromatic carbocycles. The first kappa shape index (κ1) is 18.1. The maximum Gasteiger partial charge on any atom is 0.204 e. The third kappa shape index (κ3) is 3.72. The summed E-state index contributed by atoms with van der Waals surface area (Å²) in [6.45, 7) is 0. The summed E-state index contributed by atoms with van der Waals surface area (Å²) in [4.78, 5) is 26.9. The Kier molecular flexibility index (Phi) is 5.29. The minimum atomic E-state index is -0.0390. The molecule has 0 bridgehead atoms. The molecule has 2 heterocycles. The van der Waals surface area contributed by atoms with Gasteiger partial charge in [0.05, 0.1) is 9.75 Å². The molecule has 0 saturated carbocycles. The van der Waals surface area contributed by atoms with Gasteiger partial charge in [-0.1, -0.05) is 48.2 Å². The van der Waals surface area contributed by atoms with Crippen LogP contribution in [0.3, 0.4) is 0 Å². The number of benzene rings is 2. The van der Waals surface area contributed by atoms with E-state index in [1.54, 1.807) is 12.1 Å². The highest BCUT2D eigenvalue weighted by Crippen LogP contribution is 2.20. The van der Waals surface area contributed by atoms with Crippen molar-refractivity contribution in [2.45, 2.75) is 0 Å². The van der Waals surface area contributed by atoms with Gasteiger partial charge in [-0.3, -0.25) is 9.59 Å². The van der Waals surface area contributed by atoms with E-state index in [9.17, 15) is 9.59 Å². The van der Waals surface area contributed by atoms with Crippen LogP contribution in [-0.4, -0.2) is 11.6 Å². The van der Waals surface area contributed by atoms with Crippen LogP contribution in [0.15, 0.2) is 83.6 Å². The van der Waals surface area contributed by atoms with Gasteiger partial charge < -0.3 is 0 Å². The lowest BCUT2D eigenvalue weighted by molar-refractivity contribution is 0.103. The van der Waals surface area contributed by atoms with E-state index < -0.39 is 0 Å². The van der Waals surface area contributed by atoms with Crippen LogP contribution in [0.2, 0.25) is 0 Å². The van der Waals surface area contributed by atoms with E-state index in [4.69, 9.17) is 0 Å². The van der Waals surface area contributed by atoms with Crippen molar-refractivity contribution in [1.29, 1.82) is 0 Å². The van der Waals surface area contributed by atoms with E-state index in [1.165, 1.54) is 22.7 Å². The second kappa shape index (κ2) is 8.18. The Morgan fingerprint density at radius 3 is 1.39 bits per heavy atom. The number of thiophene rings is 2. The molecule has 0 atom stereocenters. The van der Waals surface area contributed by atoms with Crippen molar-refractivity contribution < 1.29 is 9.59 Å². The minimum Gasteiger partial charge on any atom is -0.288 e. The van der Waals surface area contributed by atoms with Gasteiger partial charge in [-0.15, -0.1) is 22.7 Å². The van der Waals surface area contributed by atoms with Crippen LogP contribution in [0.5, 0.6) is 0 Å². The largest absolute Gasteiger partial charge is 0.288 e. The van der Waals surface area contributed by atoms with Crippen LogP contribution in [0.1, 0.15) is 41.6 Å². The number of carbonyl (C=O) groups excluding carboxylic acids is 2. The number of ketones is 2. The van der Waals surface area contributed by atoms with Crippen molar-refractivity contribution in [2.24, 2.45) is 0 Å². The summed E-state index contributed by atoms with van der Waals surface area (Å²) in [7, 11) is 0. The summed E-state index contributed by atoms with van der Waals surface area (Å²) in [6.07, 6.45) is 0. The van der Waals surface area contributed by atoms with Crippen LogP contribution in [0.25, 0.3) is 0 Å². The molecule has 0 unspecified atom stereocenters. The summed E-state index contributed by atoms with van der Waals surface area (Å²) in [5.74, 6) is 6.12. The van der Waals surface area contributed by atoms with Gasteiger partial charge in [-0.2, -0.15) is 0 Å². The van der Waals surface area contributed by atoms with Gasteiger partial charge in [0.1, 0.15) is 0 Å². The molecule has 28 heavy (non-hydrogen) atoms. The topological polar surface area (TPSA) is 34.1 Å². The molecule has 2 nitrogen and oxygen atoms in total. The lowest BCUT2D eigenvalue weighted by Gasteiger charge is -2.03. The summed E-state index contributed by atoms with van der Waals surface area (Å²) < 4.78 is 0. The summed E-state index contributed by atoms with van der Waals surface area (Å²) >= 11 is 2.83. The molecule has 2 aromatic heterocycles. The van der Waals surface area contributed by atoms with Crippen LogP contribution >= 0.6 is 22.7 Å². The van der Waals surface area contributed by atoms with Crippen LogP contribution in [0.4, 0.5) is 0 Å². The van der Waals surface area contributed by atoms with Crippen LogP contribution in [0, 0.1) is 11.8 Å².